The zero-order chi connectivity index (χ0) is 15.5. The Kier molecular flexibility index (Phi) is 3.96. The molecule has 0 saturated carbocycles. The van der Waals surface area contributed by atoms with Crippen molar-refractivity contribution in [2.75, 3.05) is 36.0 Å². The van der Waals surface area contributed by atoms with Gasteiger partial charge in [-0.2, -0.15) is 0 Å². The van der Waals surface area contributed by atoms with Gasteiger partial charge in [-0.05, 0) is 36.8 Å². The Bertz CT molecular complexity index is 679. The van der Waals surface area contributed by atoms with Gasteiger partial charge in [-0.3, -0.25) is 0 Å². The minimum absolute atomic E-state index is 0.0959. The first kappa shape index (κ1) is 14.4. The van der Waals surface area contributed by atoms with E-state index < -0.39 is 5.97 Å². The van der Waals surface area contributed by atoms with Gasteiger partial charge < -0.3 is 14.9 Å². The van der Waals surface area contributed by atoms with Gasteiger partial charge in [0.15, 0.2) is 5.69 Å². The molecule has 0 bridgehead atoms. The third-order valence-corrected chi connectivity index (χ3v) is 3.92. The van der Waals surface area contributed by atoms with Crippen molar-refractivity contribution in [1.29, 1.82) is 0 Å². The quantitative estimate of drug-likeness (QED) is 0.943. The number of nitrogens with zero attached hydrogens (tertiary/aromatic N) is 3. The number of carboxylic acid groups (broad SMARTS) is 1. The van der Waals surface area contributed by atoms with Crippen LogP contribution < -0.4 is 9.80 Å². The summed E-state index contributed by atoms with van der Waals surface area (Å²) in [4.78, 5) is 19.7. The topological polar surface area (TPSA) is 56.7 Å². The zero-order valence-corrected chi connectivity index (χ0v) is 12.6. The Labute approximate surface area is 129 Å². The third-order valence-electron chi connectivity index (χ3n) is 3.92. The molecule has 5 heteroatoms. The summed E-state index contributed by atoms with van der Waals surface area (Å²) >= 11 is 0. The van der Waals surface area contributed by atoms with E-state index in [2.05, 4.69) is 46.0 Å². The van der Waals surface area contributed by atoms with Crippen LogP contribution in [0, 0.1) is 6.92 Å². The predicted octanol–water partition coefficient (Wildman–Crippen LogP) is 2.41. The molecular formula is C17H19N3O2. The van der Waals surface area contributed by atoms with Gasteiger partial charge >= 0.3 is 5.97 Å². The fourth-order valence-corrected chi connectivity index (χ4v) is 2.74. The molecular weight excluding hydrogens is 278 g/mol. The second-order valence-corrected chi connectivity index (χ2v) is 5.50. The van der Waals surface area contributed by atoms with Crippen LogP contribution in [0.3, 0.4) is 0 Å². The van der Waals surface area contributed by atoms with Gasteiger partial charge in [-0.25, -0.2) is 9.78 Å². The third kappa shape index (κ3) is 3.03. The molecule has 0 atom stereocenters. The van der Waals surface area contributed by atoms with E-state index in [0.717, 1.165) is 32.0 Å². The summed E-state index contributed by atoms with van der Waals surface area (Å²) in [6.45, 7) is 5.58. The van der Waals surface area contributed by atoms with Crippen molar-refractivity contribution < 1.29 is 9.90 Å². The number of hydrogen-bond donors (Lipinski definition) is 1. The van der Waals surface area contributed by atoms with Crippen LogP contribution in [0.4, 0.5) is 11.5 Å². The smallest absolute Gasteiger partial charge is 0.354 e. The van der Waals surface area contributed by atoms with Gasteiger partial charge in [0, 0.05) is 31.9 Å². The summed E-state index contributed by atoms with van der Waals surface area (Å²) in [5, 5.41) is 9.04. The molecule has 0 unspecified atom stereocenters. The molecule has 3 rings (SSSR count). The van der Waals surface area contributed by atoms with Crippen LogP contribution in [0.15, 0.2) is 42.5 Å². The van der Waals surface area contributed by atoms with Crippen molar-refractivity contribution in [1.82, 2.24) is 4.98 Å². The Hall–Kier alpha value is -2.56. The normalized spacial score (nSPS) is 15.0. The standard InChI is InChI=1S/C17H19N3O2/c1-13-4-2-5-14(12-13)19-8-10-20(11-9-19)16-7-3-6-15(18-16)17(21)22/h2-7,12H,8-11H2,1H3,(H,21,22). The number of hydrogen-bond acceptors (Lipinski definition) is 4. The van der Waals surface area contributed by atoms with Crippen LogP contribution in [0.1, 0.15) is 16.1 Å². The second kappa shape index (κ2) is 6.05. The Balaban J connectivity index is 1.69. The summed E-state index contributed by atoms with van der Waals surface area (Å²) < 4.78 is 0. The van der Waals surface area contributed by atoms with Crippen LogP contribution in [0.2, 0.25) is 0 Å². The summed E-state index contributed by atoms with van der Waals surface area (Å²) in [5.41, 5.74) is 2.60. The molecule has 1 aromatic heterocycles. The second-order valence-electron chi connectivity index (χ2n) is 5.50. The van der Waals surface area contributed by atoms with Crippen molar-refractivity contribution >= 4 is 17.5 Å². The van der Waals surface area contributed by atoms with Crippen LogP contribution >= 0.6 is 0 Å². The highest BCUT2D eigenvalue weighted by atomic mass is 16.4. The molecule has 22 heavy (non-hydrogen) atoms. The Morgan fingerprint density at radius 2 is 1.73 bits per heavy atom. The first-order chi connectivity index (χ1) is 10.6. The molecule has 1 N–H and O–H groups in total. The first-order valence-corrected chi connectivity index (χ1v) is 7.40. The van der Waals surface area contributed by atoms with Crippen LogP contribution in [0.25, 0.3) is 0 Å². The minimum atomic E-state index is -0.986. The van der Waals surface area contributed by atoms with E-state index in [0.29, 0.717) is 0 Å². The fraction of sp³-hybridized carbons (Fsp3) is 0.294. The van der Waals surface area contributed by atoms with Crippen LogP contribution in [0.5, 0.6) is 0 Å². The van der Waals surface area contributed by atoms with Crippen molar-refractivity contribution in [2.45, 2.75) is 6.92 Å². The highest BCUT2D eigenvalue weighted by Gasteiger charge is 2.19. The van der Waals surface area contributed by atoms with E-state index in [1.165, 1.54) is 17.3 Å². The number of rotatable bonds is 3. The summed E-state index contributed by atoms with van der Waals surface area (Å²) in [6, 6.07) is 13.6. The predicted molar refractivity (Wildman–Crippen MR) is 86.8 cm³/mol. The maximum absolute atomic E-state index is 11.0. The summed E-state index contributed by atoms with van der Waals surface area (Å²) in [5.74, 6) is -0.246. The van der Waals surface area contributed by atoms with E-state index in [1.54, 1.807) is 6.07 Å². The monoisotopic (exact) mass is 297 g/mol. The van der Waals surface area contributed by atoms with Crippen molar-refractivity contribution in [3.8, 4) is 0 Å². The molecule has 1 aromatic carbocycles. The molecule has 0 aliphatic carbocycles. The average Bonchev–Trinajstić information content (AvgIpc) is 2.55. The van der Waals surface area contributed by atoms with Gasteiger partial charge in [0.05, 0.1) is 0 Å². The molecule has 1 aliphatic rings. The van der Waals surface area contributed by atoms with E-state index in [4.69, 9.17) is 5.11 Å². The van der Waals surface area contributed by atoms with Gasteiger partial charge in [0.1, 0.15) is 5.82 Å². The Morgan fingerprint density at radius 3 is 2.41 bits per heavy atom. The molecule has 5 nitrogen and oxygen atoms in total. The molecule has 0 amide bonds. The number of piperazine rings is 1. The summed E-state index contributed by atoms with van der Waals surface area (Å²) in [7, 11) is 0. The average molecular weight is 297 g/mol. The number of carbonyl (C=O) groups is 1. The van der Waals surface area contributed by atoms with Gasteiger partial charge in [-0.15, -0.1) is 0 Å². The molecule has 2 heterocycles. The number of benzene rings is 1. The van der Waals surface area contributed by atoms with E-state index in [-0.39, 0.29) is 5.69 Å². The molecule has 114 valence electrons. The Morgan fingerprint density at radius 1 is 1.05 bits per heavy atom. The molecule has 2 aromatic rings. The highest BCUT2D eigenvalue weighted by molar-refractivity contribution is 5.85. The van der Waals surface area contributed by atoms with E-state index >= 15 is 0 Å². The zero-order valence-electron chi connectivity index (χ0n) is 12.6. The highest BCUT2D eigenvalue weighted by Crippen LogP contribution is 2.20. The maximum atomic E-state index is 11.0. The molecule has 0 radical (unpaired) electrons. The number of aryl methyl sites for hydroxylation is 1. The lowest BCUT2D eigenvalue weighted by Gasteiger charge is -2.36. The van der Waals surface area contributed by atoms with Gasteiger partial charge in [0.25, 0.3) is 0 Å². The molecule has 1 aliphatic heterocycles. The lowest BCUT2D eigenvalue weighted by atomic mass is 10.2. The largest absolute Gasteiger partial charge is 0.477 e. The van der Waals surface area contributed by atoms with Crippen LogP contribution in [-0.2, 0) is 0 Å². The molecule has 1 saturated heterocycles. The van der Waals surface area contributed by atoms with Crippen molar-refractivity contribution in [3.63, 3.8) is 0 Å². The number of aromatic nitrogens is 1. The van der Waals surface area contributed by atoms with Crippen LogP contribution in [-0.4, -0.2) is 42.2 Å². The molecule has 1 fully saturated rings. The van der Waals surface area contributed by atoms with Crippen molar-refractivity contribution in [3.05, 3.63) is 53.7 Å². The van der Waals surface area contributed by atoms with E-state index in [9.17, 15) is 4.79 Å². The number of anilines is 2. The SMILES string of the molecule is Cc1cccc(N2CCN(c3cccc(C(=O)O)n3)CC2)c1. The maximum Gasteiger partial charge on any atom is 0.354 e. The lowest BCUT2D eigenvalue weighted by molar-refractivity contribution is 0.0690. The van der Waals surface area contributed by atoms with E-state index in [1.807, 2.05) is 6.07 Å². The number of carboxylic acids is 1. The fourth-order valence-electron chi connectivity index (χ4n) is 2.74. The molecule has 0 spiro atoms. The minimum Gasteiger partial charge on any atom is -0.477 e. The van der Waals surface area contributed by atoms with Gasteiger partial charge in [0.2, 0.25) is 0 Å². The van der Waals surface area contributed by atoms with Crippen molar-refractivity contribution in [2.24, 2.45) is 0 Å². The first-order valence-electron chi connectivity index (χ1n) is 7.40. The number of aromatic carboxylic acids is 1. The van der Waals surface area contributed by atoms with Gasteiger partial charge in [-0.1, -0.05) is 18.2 Å². The lowest BCUT2D eigenvalue weighted by Crippen LogP contribution is -2.46. The summed E-state index contributed by atoms with van der Waals surface area (Å²) in [6.07, 6.45) is 0. The number of pyridine rings is 1.